The first-order chi connectivity index (χ1) is 8.45. The molecule has 2 saturated heterocycles. The van der Waals surface area contributed by atoms with Gasteiger partial charge in [-0.05, 0) is 30.6 Å². The normalized spacial score (nSPS) is 33.1. The predicted molar refractivity (Wildman–Crippen MR) is 70.2 cm³/mol. The Morgan fingerprint density at radius 3 is 2.00 bits per heavy atom. The number of nitrogens with zero attached hydrogens (tertiary/aromatic N) is 2. The highest BCUT2D eigenvalue weighted by Gasteiger charge is 2.38. The van der Waals surface area contributed by atoms with E-state index >= 15 is 0 Å². The zero-order chi connectivity index (χ0) is 13.3. The maximum atomic E-state index is 12.5. The van der Waals surface area contributed by atoms with E-state index in [0.717, 1.165) is 12.8 Å². The van der Waals surface area contributed by atoms with Crippen LogP contribution in [-0.2, 0) is 10.2 Å². The quantitative estimate of drug-likeness (QED) is 0.817. The van der Waals surface area contributed by atoms with Crippen LogP contribution in [0.2, 0.25) is 0 Å². The Morgan fingerprint density at radius 2 is 1.56 bits per heavy atom. The summed E-state index contributed by atoms with van der Waals surface area (Å²) in [7, 11) is -3.27. The van der Waals surface area contributed by atoms with Crippen molar-refractivity contribution in [3.8, 4) is 0 Å². The second-order valence-corrected chi connectivity index (χ2v) is 7.73. The molecule has 2 rings (SSSR count). The SMILES string of the molecule is CC1CN(S(=O)(=O)N2CCC(CO)CC2)CC1C. The highest BCUT2D eigenvalue weighted by Crippen LogP contribution is 2.28. The maximum absolute atomic E-state index is 12.5. The molecule has 0 saturated carbocycles. The Kier molecular flexibility index (Phi) is 4.31. The molecule has 1 N–H and O–H groups in total. The third kappa shape index (κ3) is 2.71. The number of hydrogen-bond acceptors (Lipinski definition) is 3. The van der Waals surface area contributed by atoms with E-state index in [1.807, 2.05) is 0 Å². The van der Waals surface area contributed by atoms with Crippen LogP contribution in [-0.4, -0.2) is 54.9 Å². The van der Waals surface area contributed by atoms with Crippen LogP contribution in [0.4, 0.5) is 0 Å². The molecular formula is C12H24N2O3S. The summed E-state index contributed by atoms with van der Waals surface area (Å²) in [6, 6.07) is 0. The Morgan fingerprint density at radius 1 is 1.06 bits per heavy atom. The molecule has 2 unspecified atom stereocenters. The molecule has 106 valence electrons. The lowest BCUT2D eigenvalue weighted by molar-refractivity contribution is 0.166. The number of rotatable bonds is 3. The third-order valence-electron chi connectivity index (χ3n) is 4.44. The molecule has 5 nitrogen and oxygen atoms in total. The van der Waals surface area contributed by atoms with Gasteiger partial charge in [-0.25, -0.2) is 0 Å². The van der Waals surface area contributed by atoms with Gasteiger partial charge in [-0.1, -0.05) is 13.8 Å². The van der Waals surface area contributed by atoms with Crippen LogP contribution in [0.25, 0.3) is 0 Å². The Labute approximate surface area is 110 Å². The fourth-order valence-electron chi connectivity index (χ4n) is 2.75. The van der Waals surface area contributed by atoms with Gasteiger partial charge in [0.25, 0.3) is 10.2 Å². The number of aliphatic hydroxyl groups excluding tert-OH is 1. The highest BCUT2D eigenvalue weighted by atomic mass is 32.2. The van der Waals surface area contributed by atoms with Crippen LogP contribution < -0.4 is 0 Å². The molecule has 2 aliphatic rings. The molecule has 0 aromatic rings. The van der Waals surface area contributed by atoms with Crippen LogP contribution in [0, 0.1) is 17.8 Å². The molecule has 0 bridgehead atoms. The standard InChI is InChI=1S/C12H24N2O3S/c1-10-7-14(8-11(10)2)18(16,17)13-5-3-12(9-15)4-6-13/h10-12,15H,3-9H2,1-2H3. The lowest BCUT2D eigenvalue weighted by atomic mass is 10.00. The fraction of sp³-hybridized carbons (Fsp3) is 1.00. The van der Waals surface area contributed by atoms with Crippen molar-refractivity contribution in [3.05, 3.63) is 0 Å². The van der Waals surface area contributed by atoms with E-state index in [1.165, 1.54) is 0 Å². The summed E-state index contributed by atoms with van der Waals surface area (Å²) in [5.41, 5.74) is 0. The van der Waals surface area contributed by atoms with E-state index in [-0.39, 0.29) is 12.5 Å². The molecule has 0 amide bonds. The minimum Gasteiger partial charge on any atom is -0.396 e. The van der Waals surface area contributed by atoms with Gasteiger partial charge in [-0.2, -0.15) is 17.0 Å². The van der Waals surface area contributed by atoms with Crippen LogP contribution in [0.5, 0.6) is 0 Å². The molecule has 0 aromatic heterocycles. The average molecular weight is 276 g/mol. The monoisotopic (exact) mass is 276 g/mol. The van der Waals surface area contributed by atoms with Crippen molar-refractivity contribution in [2.75, 3.05) is 32.8 Å². The molecule has 0 radical (unpaired) electrons. The third-order valence-corrected chi connectivity index (χ3v) is 6.41. The highest BCUT2D eigenvalue weighted by molar-refractivity contribution is 7.86. The van der Waals surface area contributed by atoms with Crippen molar-refractivity contribution < 1.29 is 13.5 Å². The zero-order valence-corrected chi connectivity index (χ0v) is 12.1. The van der Waals surface area contributed by atoms with E-state index in [9.17, 15) is 8.42 Å². The molecular weight excluding hydrogens is 252 g/mol. The molecule has 2 atom stereocenters. The lowest BCUT2D eigenvalue weighted by Gasteiger charge is -2.33. The summed E-state index contributed by atoms with van der Waals surface area (Å²) < 4.78 is 28.1. The van der Waals surface area contributed by atoms with Gasteiger partial charge in [0, 0.05) is 32.8 Å². The van der Waals surface area contributed by atoms with E-state index in [0.29, 0.717) is 38.0 Å². The molecule has 0 spiro atoms. The average Bonchev–Trinajstić information content (AvgIpc) is 2.70. The summed E-state index contributed by atoms with van der Waals surface area (Å²) >= 11 is 0. The molecule has 18 heavy (non-hydrogen) atoms. The minimum absolute atomic E-state index is 0.172. The first kappa shape index (κ1) is 14.2. The predicted octanol–water partition coefficient (Wildman–Crippen LogP) is 0.523. The van der Waals surface area contributed by atoms with Gasteiger partial charge in [0.15, 0.2) is 0 Å². The van der Waals surface area contributed by atoms with Gasteiger partial charge in [-0.3, -0.25) is 0 Å². The van der Waals surface area contributed by atoms with Gasteiger partial charge in [0.1, 0.15) is 0 Å². The largest absolute Gasteiger partial charge is 0.396 e. The molecule has 6 heteroatoms. The summed E-state index contributed by atoms with van der Waals surface area (Å²) in [5, 5.41) is 9.08. The number of aliphatic hydroxyl groups is 1. The first-order valence-corrected chi connectivity index (χ1v) is 8.21. The lowest BCUT2D eigenvalue weighted by Crippen LogP contribution is -2.46. The zero-order valence-electron chi connectivity index (χ0n) is 11.2. The number of piperidine rings is 1. The van der Waals surface area contributed by atoms with Crippen LogP contribution >= 0.6 is 0 Å². The van der Waals surface area contributed by atoms with Crippen LogP contribution in [0.3, 0.4) is 0 Å². The van der Waals surface area contributed by atoms with Gasteiger partial charge in [0.2, 0.25) is 0 Å². The molecule has 2 aliphatic heterocycles. The van der Waals surface area contributed by atoms with Crippen molar-refractivity contribution in [3.63, 3.8) is 0 Å². The molecule has 0 aliphatic carbocycles. The summed E-state index contributed by atoms with van der Waals surface area (Å²) in [5.74, 6) is 1.15. The van der Waals surface area contributed by atoms with E-state index < -0.39 is 10.2 Å². The van der Waals surface area contributed by atoms with E-state index in [4.69, 9.17) is 5.11 Å². The van der Waals surface area contributed by atoms with Crippen molar-refractivity contribution in [1.82, 2.24) is 8.61 Å². The van der Waals surface area contributed by atoms with Crippen molar-refractivity contribution in [2.45, 2.75) is 26.7 Å². The van der Waals surface area contributed by atoms with Gasteiger partial charge in [-0.15, -0.1) is 0 Å². The van der Waals surface area contributed by atoms with E-state index in [2.05, 4.69) is 13.8 Å². The molecule has 0 aromatic carbocycles. The topological polar surface area (TPSA) is 60.9 Å². The van der Waals surface area contributed by atoms with Crippen molar-refractivity contribution in [2.24, 2.45) is 17.8 Å². The fourth-order valence-corrected chi connectivity index (χ4v) is 4.60. The Bertz CT molecular complexity index is 367. The molecule has 2 heterocycles. The molecule has 2 fully saturated rings. The maximum Gasteiger partial charge on any atom is 0.281 e. The van der Waals surface area contributed by atoms with Gasteiger partial charge in [0.05, 0.1) is 0 Å². The minimum atomic E-state index is -3.27. The van der Waals surface area contributed by atoms with E-state index in [1.54, 1.807) is 8.61 Å². The summed E-state index contributed by atoms with van der Waals surface area (Å²) in [6.45, 7) is 6.77. The van der Waals surface area contributed by atoms with Crippen LogP contribution in [0.1, 0.15) is 26.7 Å². The smallest absolute Gasteiger partial charge is 0.281 e. The second-order valence-electron chi connectivity index (χ2n) is 5.80. The van der Waals surface area contributed by atoms with Crippen molar-refractivity contribution in [1.29, 1.82) is 0 Å². The van der Waals surface area contributed by atoms with Crippen LogP contribution in [0.15, 0.2) is 0 Å². The number of hydrogen-bond donors (Lipinski definition) is 1. The van der Waals surface area contributed by atoms with Crippen molar-refractivity contribution >= 4 is 10.2 Å². The Balaban J connectivity index is 2.00. The second kappa shape index (κ2) is 5.45. The van der Waals surface area contributed by atoms with Gasteiger partial charge >= 0.3 is 0 Å². The summed E-state index contributed by atoms with van der Waals surface area (Å²) in [6.07, 6.45) is 1.54. The van der Waals surface area contributed by atoms with Gasteiger partial charge < -0.3 is 5.11 Å². The Hall–Kier alpha value is -0.170. The summed E-state index contributed by atoms with van der Waals surface area (Å²) in [4.78, 5) is 0. The first-order valence-electron chi connectivity index (χ1n) is 6.81.